The number of carbonyl (C=O) groups excluding carboxylic acids is 1. The summed E-state index contributed by atoms with van der Waals surface area (Å²) >= 11 is 7.09. The molecule has 3 atom stereocenters. The summed E-state index contributed by atoms with van der Waals surface area (Å²) in [5.41, 5.74) is 5.76. The van der Waals surface area contributed by atoms with Gasteiger partial charge in [0.2, 0.25) is 0 Å². The van der Waals surface area contributed by atoms with E-state index in [4.69, 9.17) is 27.1 Å². The lowest BCUT2D eigenvalue weighted by Gasteiger charge is -2.31. The van der Waals surface area contributed by atoms with Gasteiger partial charge in [-0.15, -0.1) is 11.3 Å². The van der Waals surface area contributed by atoms with Crippen LogP contribution in [0.25, 0.3) is 0 Å². The van der Waals surface area contributed by atoms with Crippen molar-refractivity contribution in [1.29, 1.82) is 10.5 Å². The van der Waals surface area contributed by atoms with Crippen molar-refractivity contribution in [1.82, 2.24) is 29.5 Å². The molecule has 3 aromatic rings. The number of amides is 1. The summed E-state index contributed by atoms with van der Waals surface area (Å²) in [6.45, 7) is 2.43. The highest BCUT2D eigenvalue weighted by Gasteiger charge is 2.49. The number of nitrogen functional groups attached to an aromatic ring is 1. The van der Waals surface area contributed by atoms with Gasteiger partial charge < -0.3 is 25.2 Å². The Kier molecular flexibility index (Phi) is 9.37. The second-order valence-corrected chi connectivity index (χ2v) is 15.4. The predicted molar refractivity (Wildman–Crippen MR) is 184 cm³/mol. The van der Waals surface area contributed by atoms with Crippen LogP contribution in [-0.4, -0.2) is 101 Å². The highest BCUT2D eigenvalue weighted by atomic mass is 35.5. The van der Waals surface area contributed by atoms with E-state index in [2.05, 4.69) is 21.1 Å². The number of fused-ring (bicyclic) bond motifs is 2. The maximum Gasteiger partial charge on any atom is 0.425 e. The van der Waals surface area contributed by atoms with Crippen LogP contribution in [0.2, 0.25) is 5.02 Å². The third-order valence-electron chi connectivity index (χ3n) is 10.5. The normalized spacial score (nSPS) is 23.2. The first-order chi connectivity index (χ1) is 24.7. The molecule has 0 aliphatic carbocycles. The molecule has 4 aliphatic rings. The topological polar surface area (TPSA) is 156 Å². The molecule has 7 heterocycles. The van der Waals surface area contributed by atoms with Crippen LogP contribution >= 0.6 is 22.9 Å². The summed E-state index contributed by atoms with van der Waals surface area (Å²) in [7, 11) is 3.20. The molecule has 2 N–H and O–H groups in total. The van der Waals surface area contributed by atoms with Crippen molar-refractivity contribution < 1.29 is 27.1 Å². The Hall–Kier alpha value is -4.39. The molecule has 7 rings (SSSR count). The molecule has 1 unspecified atom stereocenters. The number of alkyl halides is 4. The maximum atomic E-state index is 14.6. The first-order valence-corrected chi connectivity index (χ1v) is 18.1. The standard InChI is InChI=1S/C33H36ClF4N11O2S/c1-45(2)30(50)25-24(34)22-16-46(7-4-9-49(22)44-25)28-21(13-40)29(43-31(42-28)51-17-32-6-3-8-48(32)15-19(35)11-32)47-10-5-18(14-47)23-20(12-39)27(41)52-26(23)33(36,37)38/h18-19H,3-11,14-17,41H2,1-2H3/t18?,19-,32+/m1/s1. The Balaban J connectivity index is 1.27. The van der Waals surface area contributed by atoms with E-state index in [0.717, 1.165) is 19.4 Å². The summed E-state index contributed by atoms with van der Waals surface area (Å²) in [6, 6.07) is 4.03. The lowest BCUT2D eigenvalue weighted by molar-refractivity contribution is -0.135. The molecular weight excluding hydrogens is 726 g/mol. The van der Waals surface area contributed by atoms with Crippen molar-refractivity contribution >= 4 is 45.5 Å². The molecule has 276 valence electrons. The van der Waals surface area contributed by atoms with Gasteiger partial charge in [-0.1, -0.05) is 11.6 Å². The van der Waals surface area contributed by atoms with Crippen molar-refractivity contribution in [3.8, 4) is 18.1 Å². The van der Waals surface area contributed by atoms with E-state index in [1.807, 2.05) is 11.0 Å². The van der Waals surface area contributed by atoms with E-state index in [-0.39, 0.29) is 88.6 Å². The van der Waals surface area contributed by atoms with Gasteiger partial charge in [0.1, 0.15) is 40.4 Å². The fraction of sp³-hybridized carbons (Fsp3) is 0.576. The van der Waals surface area contributed by atoms with Crippen molar-refractivity contribution in [3.63, 3.8) is 0 Å². The second-order valence-electron chi connectivity index (χ2n) is 13.9. The third kappa shape index (κ3) is 6.24. The fourth-order valence-corrected chi connectivity index (χ4v) is 9.31. The minimum atomic E-state index is -4.71. The van der Waals surface area contributed by atoms with Gasteiger partial charge in [-0.2, -0.15) is 38.8 Å². The summed E-state index contributed by atoms with van der Waals surface area (Å²) in [4.78, 5) is 28.4. The Labute approximate surface area is 306 Å². The summed E-state index contributed by atoms with van der Waals surface area (Å²) < 4.78 is 65.0. The summed E-state index contributed by atoms with van der Waals surface area (Å²) in [6.07, 6.45) is -2.95. The fourth-order valence-electron chi connectivity index (χ4n) is 8.07. The average molecular weight is 762 g/mol. The highest BCUT2D eigenvalue weighted by molar-refractivity contribution is 7.16. The van der Waals surface area contributed by atoms with Crippen LogP contribution in [-0.2, 0) is 19.3 Å². The van der Waals surface area contributed by atoms with Crippen LogP contribution in [0.1, 0.15) is 75.8 Å². The number of aryl methyl sites for hydroxylation is 1. The zero-order chi connectivity index (χ0) is 37.1. The highest BCUT2D eigenvalue weighted by Crippen LogP contribution is 2.48. The van der Waals surface area contributed by atoms with E-state index in [0.29, 0.717) is 49.5 Å². The van der Waals surface area contributed by atoms with E-state index >= 15 is 0 Å². The second kappa shape index (κ2) is 13.5. The number of nitrogens with two attached hydrogens (primary N) is 1. The number of thiophene rings is 1. The molecule has 0 saturated carbocycles. The van der Waals surface area contributed by atoms with Gasteiger partial charge in [-0.3, -0.25) is 14.4 Å². The number of aromatic nitrogens is 4. The Morgan fingerprint density at radius 2 is 1.83 bits per heavy atom. The molecule has 19 heteroatoms. The molecule has 3 fully saturated rings. The summed E-state index contributed by atoms with van der Waals surface area (Å²) in [5, 5.41) is 24.9. The van der Waals surface area contributed by atoms with Gasteiger partial charge >= 0.3 is 12.2 Å². The van der Waals surface area contributed by atoms with Gasteiger partial charge in [0.15, 0.2) is 17.3 Å². The van der Waals surface area contributed by atoms with Crippen molar-refractivity contribution in [2.45, 2.75) is 69.0 Å². The molecule has 4 aliphatic heterocycles. The quantitative estimate of drug-likeness (QED) is 0.330. The number of halogens is 5. The largest absolute Gasteiger partial charge is 0.461 e. The molecule has 13 nitrogen and oxygen atoms in total. The van der Waals surface area contributed by atoms with Gasteiger partial charge in [-0.05, 0) is 32.2 Å². The number of hydrogen-bond acceptors (Lipinski definition) is 12. The molecule has 3 saturated heterocycles. The van der Waals surface area contributed by atoms with Crippen LogP contribution in [0.4, 0.5) is 34.2 Å². The van der Waals surface area contributed by atoms with Gasteiger partial charge in [-0.25, -0.2) is 4.39 Å². The van der Waals surface area contributed by atoms with Crippen molar-refractivity contribution in [3.05, 3.63) is 38.0 Å². The SMILES string of the molecule is CN(C)C(=O)c1nn2c(c1Cl)CN(c1nc(OC[C@@]34CCCN3C[C@H](F)C4)nc(N3CCC(c4c(C(F)(F)F)sc(N)c4C#N)C3)c1C#N)CCC2. The lowest BCUT2D eigenvalue weighted by Crippen LogP contribution is -2.43. The zero-order valence-corrected chi connectivity index (χ0v) is 30.1. The number of ether oxygens (including phenoxy) is 1. The molecule has 1 amide bonds. The maximum absolute atomic E-state index is 14.6. The van der Waals surface area contributed by atoms with Crippen LogP contribution < -0.4 is 20.3 Å². The first kappa shape index (κ1) is 36.0. The Morgan fingerprint density at radius 1 is 1.10 bits per heavy atom. The Morgan fingerprint density at radius 3 is 2.52 bits per heavy atom. The van der Waals surface area contributed by atoms with Crippen molar-refractivity contribution in [2.24, 2.45) is 0 Å². The van der Waals surface area contributed by atoms with Crippen LogP contribution in [0, 0.1) is 22.7 Å². The lowest BCUT2D eigenvalue weighted by atomic mass is 9.94. The Bertz CT molecular complexity index is 1990. The number of nitrogens with zero attached hydrogens (tertiary/aromatic N) is 10. The summed E-state index contributed by atoms with van der Waals surface area (Å²) in [5.74, 6) is -0.690. The number of nitriles is 2. The predicted octanol–water partition coefficient (Wildman–Crippen LogP) is 4.79. The van der Waals surface area contributed by atoms with Crippen molar-refractivity contribution in [2.75, 3.05) is 69.0 Å². The number of rotatable bonds is 7. The minimum Gasteiger partial charge on any atom is -0.461 e. The number of carbonyl (C=O) groups is 1. The zero-order valence-electron chi connectivity index (χ0n) is 28.5. The van der Waals surface area contributed by atoms with Gasteiger partial charge in [0.05, 0.1) is 28.4 Å². The third-order valence-corrected chi connectivity index (χ3v) is 11.9. The molecule has 0 aromatic carbocycles. The van der Waals surface area contributed by atoms with E-state index < -0.39 is 28.7 Å². The molecule has 3 aromatic heterocycles. The number of hydrogen-bond donors (Lipinski definition) is 1. The average Bonchev–Trinajstić information content (AvgIpc) is 3.89. The number of anilines is 3. The van der Waals surface area contributed by atoms with Gasteiger partial charge in [0.25, 0.3) is 5.91 Å². The molecular formula is C33H36ClF4N11O2S. The van der Waals surface area contributed by atoms with Crippen LogP contribution in [0.5, 0.6) is 6.01 Å². The van der Waals surface area contributed by atoms with Gasteiger partial charge in [0, 0.05) is 64.7 Å². The molecule has 0 spiro atoms. The first-order valence-electron chi connectivity index (χ1n) is 16.9. The molecule has 0 radical (unpaired) electrons. The monoisotopic (exact) mass is 761 g/mol. The smallest absolute Gasteiger partial charge is 0.425 e. The van der Waals surface area contributed by atoms with Crippen LogP contribution in [0.3, 0.4) is 0 Å². The van der Waals surface area contributed by atoms with E-state index in [1.54, 1.807) is 23.7 Å². The van der Waals surface area contributed by atoms with E-state index in [9.17, 15) is 32.9 Å². The van der Waals surface area contributed by atoms with E-state index in [1.165, 1.54) is 4.90 Å². The molecule has 52 heavy (non-hydrogen) atoms. The van der Waals surface area contributed by atoms with Crippen LogP contribution in [0.15, 0.2) is 0 Å². The molecule has 0 bridgehead atoms. The minimum absolute atomic E-state index is 0.0222.